The van der Waals surface area contributed by atoms with Crippen LogP contribution in [0.4, 0.5) is 0 Å². The van der Waals surface area contributed by atoms with Gasteiger partial charge in [-0.05, 0) is 43.4 Å². The molecule has 0 saturated heterocycles. The quantitative estimate of drug-likeness (QED) is 0.328. The molecule has 6 heteroatoms. The number of carbonyl (C=O) groups excluding carboxylic acids is 2. The van der Waals surface area contributed by atoms with Gasteiger partial charge in [0.15, 0.2) is 0 Å². The highest BCUT2D eigenvalue weighted by Crippen LogP contribution is 2.15. The Morgan fingerprint density at radius 3 is 2.00 bits per heavy atom. The first-order valence-corrected chi connectivity index (χ1v) is 6.25. The lowest BCUT2D eigenvalue weighted by Gasteiger charge is -2.09. The smallest absolute Gasteiger partial charge is 0.341 e. The van der Waals surface area contributed by atoms with Gasteiger partial charge < -0.3 is 9.47 Å². The molecule has 0 aromatic heterocycles. The second kappa shape index (κ2) is 8.21. The Kier molecular flexibility index (Phi) is 7.77. The van der Waals surface area contributed by atoms with Gasteiger partial charge in [-0.1, -0.05) is 0 Å². The number of esters is 2. The molecule has 0 aromatic rings. The SMILES string of the molecule is CCOC(=O)/C(C)=C(\C(=O)OCC)C(I)=NC. The number of hydrogen-bond acceptors (Lipinski definition) is 5. The van der Waals surface area contributed by atoms with Crippen molar-refractivity contribution in [3.63, 3.8) is 0 Å². The molecule has 0 aliphatic rings. The van der Waals surface area contributed by atoms with Crippen molar-refractivity contribution in [3.05, 3.63) is 11.1 Å². The highest BCUT2D eigenvalue weighted by atomic mass is 127. The van der Waals surface area contributed by atoms with Crippen LogP contribution in [0.25, 0.3) is 0 Å². The fourth-order valence-electron chi connectivity index (χ4n) is 1.05. The lowest BCUT2D eigenvalue weighted by Crippen LogP contribution is -2.18. The minimum Gasteiger partial charge on any atom is -0.463 e. The first-order chi connectivity index (χ1) is 7.99. The fourth-order valence-corrected chi connectivity index (χ4v) is 1.67. The van der Waals surface area contributed by atoms with Gasteiger partial charge in [0.25, 0.3) is 0 Å². The van der Waals surface area contributed by atoms with Crippen LogP contribution in [-0.4, -0.2) is 35.9 Å². The highest BCUT2D eigenvalue weighted by Gasteiger charge is 2.22. The highest BCUT2D eigenvalue weighted by molar-refractivity contribution is 14.1. The van der Waals surface area contributed by atoms with Crippen LogP contribution in [0.2, 0.25) is 0 Å². The predicted molar refractivity (Wildman–Crippen MR) is 73.3 cm³/mol. The molecule has 0 saturated carbocycles. The summed E-state index contributed by atoms with van der Waals surface area (Å²) in [7, 11) is 1.54. The van der Waals surface area contributed by atoms with E-state index in [1.165, 1.54) is 6.92 Å². The molecule has 0 bridgehead atoms. The van der Waals surface area contributed by atoms with Gasteiger partial charge in [0.2, 0.25) is 0 Å². The van der Waals surface area contributed by atoms with Gasteiger partial charge in [-0.15, -0.1) is 0 Å². The van der Waals surface area contributed by atoms with Crippen molar-refractivity contribution in [2.75, 3.05) is 20.3 Å². The van der Waals surface area contributed by atoms with Crippen molar-refractivity contribution >= 4 is 38.2 Å². The van der Waals surface area contributed by atoms with Crippen LogP contribution in [0, 0.1) is 0 Å². The summed E-state index contributed by atoms with van der Waals surface area (Å²) < 4.78 is 10.2. The zero-order valence-corrected chi connectivity index (χ0v) is 12.5. The molecule has 17 heavy (non-hydrogen) atoms. The Balaban J connectivity index is 5.36. The molecule has 0 spiro atoms. The molecule has 0 amide bonds. The van der Waals surface area contributed by atoms with Crippen molar-refractivity contribution < 1.29 is 19.1 Å². The third-order valence-electron chi connectivity index (χ3n) is 1.84. The zero-order valence-electron chi connectivity index (χ0n) is 10.4. The summed E-state index contributed by atoms with van der Waals surface area (Å²) in [4.78, 5) is 27.2. The van der Waals surface area contributed by atoms with Crippen LogP contribution in [-0.2, 0) is 19.1 Å². The molecule has 0 N–H and O–H groups in total. The van der Waals surface area contributed by atoms with Crippen LogP contribution in [0.15, 0.2) is 16.1 Å². The molecule has 0 aromatic carbocycles. The molecule has 0 heterocycles. The van der Waals surface area contributed by atoms with Gasteiger partial charge in [-0.25, -0.2) is 9.59 Å². The standard InChI is InChI=1S/C11H16INO4/c1-5-16-10(14)7(3)8(9(12)13-4)11(15)17-6-2/h5-6H2,1-4H3/b8-7-,13-9?. The Bertz CT molecular complexity index is 360. The van der Waals surface area contributed by atoms with Crippen molar-refractivity contribution in [2.24, 2.45) is 4.99 Å². The van der Waals surface area contributed by atoms with E-state index in [1.807, 2.05) is 22.6 Å². The Morgan fingerprint density at radius 1 is 1.12 bits per heavy atom. The van der Waals surface area contributed by atoms with Gasteiger partial charge in [-0.3, -0.25) is 4.99 Å². The second-order valence-electron chi connectivity index (χ2n) is 2.96. The molecule has 0 unspecified atom stereocenters. The van der Waals surface area contributed by atoms with E-state index in [2.05, 4.69) is 4.99 Å². The third-order valence-corrected chi connectivity index (χ3v) is 2.86. The molecule has 0 atom stereocenters. The minimum atomic E-state index is -0.562. The van der Waals surface area contributed by atoms with Crippen LogP contribution >= 0.6 is 22.6 Å². The normalized spacial score (nSPS) is 12.9. The van der Waals surface area contributed by atoms with Crippen LogP contribution in [0.5, 0.6) is 0 Å². The molecular weight excluding hydrogens is 337 g/mol. The van der Waals surface area contributed by atoms with Crippen molar-refractivity contribution in [1.29, 1.82) is 0 Å². The van der Waals surface area contributed by atoms with E-state index in [-0.39, 0.29) is 24.4 Å². The monoisotopic (exact) mass is 353 g/mol. The van der Waals surface area contributed by atoms with Crippen molar-refractivity contribution in [3.8, 4) is 0 Å². The summed E-state index contributed by atoms with van der Waals surface area (Å²) in [6, 6.07) is 0. The second-order valence-corrected chi connectivity index (χ2v) is 3.98. The predicted octanol–water partition coefficient (Wildman–Crippen LogP) is 1.89. The zero-order chi connectivity index (χ0) is 13.4. The number of ether oxygens (including phenoxy) is 2. The summed E-state index contributed by atoms with van der Waals surface area (Å²) >= 11 is 1.88. The van der Waals surface area contributed by atoms with E-state index in [4.69, 9.17) is 9.47 Å². The summed E-state index contributed by atoms with van der Waals surface area (Å²) in [6.45, 7) is 5.42. The number of aliphatic imine (C=N–C) groups is 1. The molecule has 0 fully saturated rings. The summed E-state index contributed by atoms with van der Waals surface area (Å²) in [5.41, 5.74) is 0.369. The van der Waals surface area contributed by atoms with Crippen molar-refractivity contribution in [1.82, 2.24) is 0 Å². The average molecular weight is 353 g/mol. The maximum absolute atomic E-state index is 11.7. The summed E-state index contributed by atoms with van der Waals surface area (Å²) in [6.07, 6.45) is 0. The molecule has 0 aliphatic heterocycles. The topological polar surface area (TPSA) is 65.0 Å². The number of rotatable bonds is 5. The molecule has 5 nitrogen and oxygen atoms in total. The van der Waals surface area contributed by atoms with E-state index in [0.717, 1.165) is 0 Å². The Hall–Kier alpha value is -0.920. The third kappa shape index (κ3) is 4.84. The minimum absolute atomic E-state index is 0.161. The van der Waals surface area contributed by atoms with E-state index >= 15 is 0 Å². The van der Waals surface area contributed by atoms with Gasteiger partial charge in [0, 0.05) is 7.05 Å². The summed E-state index contributed by atoms with van der Waals surface area (Å²) in [5, 5.41) is 0. The Morgan fingerprint density at radius 2 is 1.59 bits per heavy atom. The summed E-state index contributed by atoms with van der Waals surface area (Å²) in [5.74, 6) is -1.10. The van der Waals surface area contributed by atoms with Crippen LogP contribution in [0.1, 0.15) is 20.8 Å². The largest absolute Gasteiger partial charge is 0.463 e. The van der Waals surface area contributed by atoms with Gasteiger partial charge >= 0.3 is 11.9 Å². The Labute approximate surface area is 114 Å². The number of nitrogens with zero attached hydrogens (tertiary/aromatic N) is 1. The molecular formula is C11H16INO4. The van der Waals surface area contributed by atoms with Gasteiger partial charge in [0.05, 0.1) is 18.8 Å². The molecule has 96 valence electrons. The first-order valence-electron chi connectivity index (χ1n) is 5.17. The van der Waals surface area contributed by atoms with Gasteiger partial charge in [0.1, 0.15) is 9.29 Å². The maximum Gasteiger partial charge on any atom is 0.341 e. The van der Waals surface area contributed by atoms with Crippen LogP contribution < -0.4 is 0 Å². The lowest BCUT2D eigenvalue weighted by molar-refractivity contribution is -0.141. The number of carbonyl (C=O) groups is 2. The number of hydrogen-bond donors (Lipinski definition) is 0. The number of halogens is 1. The van der Waals surface area contributed by atoms with E-state index in [9.17, 15) is 9.59 Å². The maximum atomic E-state index is 11.7. The van der Waals surface area contributed by atoms with E-state index in [1.54, 1.807) is 20.9 Å². The lowest BCUT2D eigenvalue weighted by atomic mass is 10.1. The molecule has 0 rings (SSSR count). The van der Waals surface area contributed by atoms with E-state index < -0.39 is 11.9 Å². The van der Waals surface area contributed by atoms with Crippen LogP contribution in [0.3, 0.4) is 0 Å². The first kappa shape index (κ1) is 16.1. The van der Waals surface area contributed by atoms with Crippen molar-refractivity contribution in [2.45, 2.75) is 20.8 Å². The van der Waals surface area contributed by atoms with E-state index in [0.29, 0.717) is 3.72 Å². The average Bonchev–Trinajstić information content (AvgIpc) is 2.29. The van der Waals surface area contributed by atoms with Gasteiger partial charge in [-0.2, -0.15) is 0 Å². The molecule has 0 aliphatic carbocycles. The molecule has 0 radical (unpaired) electrons. The fraction of sp³-hybridized carbons (Fsp3) is 0.545.